The van der Waals surface area contributed by atoms with E-state index in [9.17, 15) is 8.42 Å². The molecule has 0 aliphatic carbocycles. The van der Waals surface area contributed by atoms with Crippen LogP contribution in [0.2, 0.25) is 0 Å². The Labute approximate surface area is 107 Å². The smallest absolute Gasteiger partial charge is 0.211 e. The van der Waals surface area contributed by atoms with Crippen molar-refractivity contribution in [2.45, 2.75) is 26.8 Å². The summed E-state index contributed by atoms with van der Waals surface area (Å²) in [5.41, 5.74) is 1.22. The van der Waals surface area contributed by atoms with E-state index in [-0.39, 0.29) is 5.75 Å². The van der Waals surface area contributed by atoms with Crippen LogP contribution < -0.4 is 10.0 Å². The number of thiophene rings is 1. The molecule has 0 spiro atoms. The van der Waals surface area contributed by atoms with Crippen LogP contribution in [0.1, 0.15) is 21.7 Å². The Bertz CT molecular complexity index is 433. The van der Waals surface area contributed by atoms with Crippen molar-refractivity contribution in [1.82, 2.24) is 10.0 Å². The summed E-state index contributed by atoms with van der Waals surface area (Å²) in [6.07, 6.45) is 0.633. The highest BCUT2D eigenvalue weighted by Gasteiger charge is 2.10. The molecule has 4 nitrogen and oxygen atoms in total. The third-order valence-electron chi connectivity index (χ3n) is 2.52. The van der Waals surface area contributed by atoms with Gasteiger partial charge in [0.05, 0.1) is 5.75 Å². The first kappa shape index (κ1) is 14.6. The van der Waals surface area contributed by atoms with E-state index in [1.54, 1.807) is 11.3 Å². The minimum Gasteiger partial charge on any atom is -0.320 e. The van der Waals surface area contributed by atoms with Gasteiger partial charge >= 0.3 is 0 Å². The monoisotopic (exact) mass is 276 g/mol. The van der Waals surface area contributed by atoms with Crippen LogP contribution in [0.3, 0.4) is 0 Å². The molecule has 2 N–H and O–H groups in total. The highest BCUT2D eigenvalue weighted by Crippen LogP contribution is 2.20. The second kappa shape index (κ2) is 6.49. The summed E-state index contributed by atoms with van der Waals surface area (Å²) in [5, 5.41) is 2.93. The van der Waals surface area contributed by atoms with Gasteiger partial charge in [-0.3, -0.25) is 0 Å². The van der Waals surface area contributed by atoms with Crippen LogP contribution in [0, 0.1) is 13.8 Å². The lowest BCUT2D eigenvalue weighted by atomic mass is 10.3. The average molecular weight is 276 g/mol. The second-order valence-corrected chi connectivity index (χ2v) is 7.32. The molecule has 6 heteroatoms. The van der Waals surface area contributed by atoms with Gasteiger partial charge in [0.15, 0.2) is 0 Å². The van der Waals surface area contributed by atoms with Gasteiger partial charge in [0.25, 0.3) is 0 Å². The number of hydrogen-bond acceptors (Lipinski definition) is 4. The van der Waals surface area contributed by atoms with E-state index in [0.29, 0.717) is 13.0 Å². The van der Waals surface area contributed by atoms with E-state index in [1.165, 1.54) is 10.4 Å². The van der Waals surface area contributed by atoms with Crippen LogP contribution in [0.4, 0.5) is 0 Å². The van der Waals surface area contributed by atoms with Crippen LogP contribution in [0.25, 0.3) is 0 Å². The molecule has 0 aliphatic heterocycles. The molecule has 0 unspecified atom stereocenters. The molecule has 0 atom stereocenters. The highest BCUT2D eigenvalue weighted by molar-refractivity contribution is 7.89. The molecule has 0 amide bonds. The first-order valence-electron chi connectivity index (χ1n) is 5.62. The van der Waals surface area contributed by atoms with E-state index in [0.717, 1.165) is 11.4 Å². The summed E-state index contributed by atoms with van der Waals surface area (Å²) in [6.45, 7) is 5.21. The maximum absolute atomic E-state index is 11.6. The first-order valence-corrected chi connectivity index (χ1v) is 8.09. The van der Waals surface area contributed by atoms with Gasteiger partial charge in [-0.25, -0.2) is 13.1 Å². The predicted molar refractivity (Wildman–Crippen MR) is 73.0 cm³/mol. The Morgan fingerprint density at radius 1 is 1.35 bits per heavy atom. The van der Waals surface area contributed by atoms with E-state index < -0.39 is 10.0 Å². The van der Waals surface area contributed by atoms with Crippen LogP contribution in [-0.2, 0) is 16.6 Å². The zero-order valence-corrected chi connectivity index (χ0v) is 12.2. The number of aryl methyl sites for hydroxylation is 2. The molecule has 1 heterocycles. The van der Waals surface area contributed by atoms with Crippen LogP contribution in [0.5, 0.6) is 0 Å². The summed E-state index contributed by atoms with van der Waals surface area (Å²) in [6, 6.07) is 2.04. The number of sulfonamides is 1. The van der Waals surface area contributed by atoms with Crippen molar-refractivity contribution in [3.8, 4) is 0 Å². The van der Waals surface area contributed by atoms with Crippen LogP contribution in [-0.4, -0.2) is 27.8 Å². The molecule has 0 fully saturated rings. The molecule has 0 aliphatic rings. The highest BCUT2D eigenvalue weighted by atomic mass is 32.2. The third-order valence-corrected chi connectivity index (χ3v) is 5.09. The van der Waals surface area contributed by atoms with Crippen molar-refractivity contribution in [3.05, 3.63) is 21.4 Å². The Hall–Kier alpha value is -0.430. The van der Waals surface area contributed by atoms with Gasteiger partial charge in [0, 0.05) is 16.3 Å². The lowest BCUT2D eigenvalue weighted by Crippen LogP contribution is -2.27. The normalized spacial score (nSPS) is 11.9. The van der Waals surface area contributed by atoms with E-state index in [1.807, 2.05) is 27.0 Å². The predicted octanol–water partition coefficient (Wildman–Crippen LogP) is 1.39. The molecule has 1 rings (SSSR count). The summed E-state index contributed by atoms with van der Waals surface area (Å²) in [4.78, 5) is 2.31. The molecule has 0 saturated carbocycles. The SMILES string of the molecule is CNCCCS(=O)(=O)NCc1cc(C)c(C)s1. The molecule has 0 aromatic carbocycles. The van der Waals surface area contributed by atoms with Gasteiger partial charge in [-0.2, -0.15) is 0 Å². The standard InChI is InChI=1S/C11H20N2O2S2/c1-9-7-11(16-10(9)2)8-13-17(14,15)6-4-5-12-3/h7,12-13H,4-6,8H2,1-3H3. The first-order chi connectivity index (χ1) is 7.94. The molecule has 0 bridgehead atoms. The number of nitrogens with one attached hydrogen (secondary N) is 2. The average Bonchev–Trinajstić information content (AvgIpc) is 2.56. The molecule has 0 radical (unpaired) electrons. The fourth-order valence-electron chi connectivity index (χ4n) is 1.43. The third kappa shape index (κ3) is 5.16. The number of hydrogen-bond donors (Lipinski definition) is 2. The Morgan fingerprint density at radius 3 is 2.59 bits per heavy atom. The molecular formula is C11H20N2O2S2. The largest absolute Gasteiger partial charge is 0.320 e. The maximum Gasteiger partial charge on any atom is 0.211 e. The minimum absolute atomic E-state index is 0.178. The lowest BCUT2D eigenvalue weighted by Gasteiger charge is -2.05. The Balaban J connectivity index is 2.44. The maximum atomic E-state index is 11.6. The Morgan fingerprint density at radius 2 is 2.06 bits per heavy atom. The van der Waals surface area contributed by atoms with Gasteiger partial charge in [-0.15, -0.1) is 11.3 Å². The molecule has 17 heavy (non-hydrogen) atoms. The topological polar surface area (TPSA) is 58.2 Å². The Kier molecular flexibility index (Phi) is 5.58. The summed E-state index contributed by atoms with van der Waals surface area (Å²) in [7, 11) is -1.32. The fraction of sp³-hybridized carbons (Fsp3) is 0.636. The van der Waals surface area contributed by atoms with Gasteiger partial charge in [-0.1, -0.05) is 0 Å². The van der Waals surface area contributed by atoms with Crippen molar-refractivity contribution >= 4 is 21.4 Å². The summed E-state index contributed by atoms with van der Waals surface area (Å²) >= 11 is 1.64. The molecule has 0 saturated heterocycles. The van der Waals surface area contributed by atoms with Crippen molar-refractivity contribution in [3.63, 3.8) is 0 Å². The van der Waals surface area contributed by atoms with Crippen molar-refractivity contribution in [2.24, 2.45) is 0 Å². The summed E-state index contributed by atoms with van der Waals surface area (Å²) in [5.74, 6) is 0.178. The van der Waals surface area contributed by atoms with Gasteiger partial charge < -0.3 is 5.32 Å². The molecule has 1 aromatic heterocycles. The van der Waals surface area contributed by atoms with E-state index in [4.69, 9.17) is 0 Å². The molecular weight excluding hydrogens is 256 g/mol. The van der Waals surface area contributed by atoms with Crippen molar-refractivity contribution < 1.29 is 8.42 Å². The van der Waals surface area contributed by atoms with E-state index >= 15 is 0 Å². The zero-order valence-electron chi connectivity index (χ0n) is 10.5. The van der Waals surface area contributed by atoms with Crippen molar-refractivity contribution in [2.75, 3.05) is 19.3 Å². The fourth-order valence-corrected chi connectivity index (χ4v) is 3.56. The minimum atomic E-state index is -3.14. The van der Waals surface area contributed by atoms with Gasteiger partial charge in [-0.05, 0) is 45.5 Å². The quantitative estimate of drug-likeness (QED) is 0.740. The lowest BCUT2D eigenvalue weighted by molar-refractivity contribution is 0.577. The zero-order chi connectivity index (χ0) is 12.9. The number of rotatable bonds is 7. The molecule has 98 valence electrons. The summed E-state index contributed by atoms with van der Waals surface area (Å²) < 4.78 is 25.9. The molecule has 1 aromatic rings. The van der Waals surface area contributed by atoms with E-state index in [2.05, 4.69) is 10.0 Å². The van der Waals surface area contributed by atoms with Crippen LogP contribution >= 0.6 is 11.3 Å². The van der Waals surface area contributed by atoms with Gasteiger partial charge in [0.2, 0.25) is 10.0 Å². The second-order valence-electron chi connectivity index (χ2n) is 4.05. The van der Waals surface area contributed by atoms with Crippen LogP contribution in [0.15, 0.2) is 6.07 Å². The van der Waals surface area contributed by atoms with Gasteiger partial charge in [0.1, 0.15) is 0 Å². The van der Waals surface area contributed by atoms with Crippen molar-refractivity contribution in [1.29, 1.82) is 0 Å².